The highest BCUT2D eigenvalue weighted by molar-refractivity contribution is 5.97. The lowest BCUT2D eigenvalue weighted by molar-refractivity contribution is -0.138. The van der Waals surface area contributed by atoms with Gasteiger partial charge in [-0.05, 0) is 43.3 Å². The predicted molar refractivity (Wildman–Crippen MR) is 141 cm³/mol. The Balaban J connectivity index is 1.54. The molecule has 0 radical (unpaired) electrons. The fraction of sp³-hybridized carbons (Fsp3) is 0.172. The lowest BCUT2D eigenvalue weighted by atomic mass is 10.0. The second-order valence-electron chi connectivity index (χ2n) is 9.27. The van der Waals surface area contributed by atoms with Crippen LogP contribution in [0, 0.1) is 24.1 Å². The first-order valence-corrected chi connectivity index (χ1v) is 12.2. The Labute approximate surface area is 230 Å². The van der Waals surface area contributed by atoms with Crippen molar-refractivity contribution >= 4 is 10.9 Å². The summed E-state index contributed by atoms with van der Waals surface area (Å²) in [5.41, 5.74) is 0.00358. The van der Waals surface area contributed by atoms with Gasteiger partial charge in [0.15, 0.2) is 0 Å². The van der Waals surface area contributed by atoms with Gasteiger partial charge in [-0.15, -0.1) is 0 Å². The van der Waals surface area contributed by atoms with Crippen molar-refractivity contribution in [1.82, 2.24) is 19.1 Å². The van der Waals surface area contributed by atoms with E-state index in [1.807, 2.05) is 18.2 Å². The highest BCUT2D eigenvalue weighted by Crippen LogP contribution is 2.35. The number of nitrogens with zero attached hydrogens (tertiary/aromatic N) is 5. The molecule has 0 amide bonds. The minimum absolute atomic E-state index is 0.187. The molecule has 0 aliphatic heterocycles. The molecule has 208 valence electrons. The fourth-order valence-corrected chi connectivity index (χ4v) is 4.64. The molecule has 0 atom stereocenters. The summed E-state index contributed by atoms with van der Waals surface area (Å²) in [5, 5.41) is 20.5. The average Bonchev–Trinajstić information content (AvgIpc) is 3.30. The second-order valence-corrected chi connectivity index (χ2v) is 9.27. The van der Waals surface area contributed by atoms with Crippen molar-refractivity contribution in [3.63, 3.8) is 0 Å². The number of alkyl halides is 3. The molecule has 0 aliphatic rings. The number of pyridine rings is 3. The number of nitriles is 1. The lowest BCUT2D eigenvalue weighted by Gasteiger charge is -2.16. The zero-order valence-electron chi connectivity index (χ0n) is 21.7. The van der Waals surface area contributed by atoms with Crippen molar-refractivity contribution in [2.45, 2.75) is 26.3 Å². The molecule has 0 spiro atoms. The van der Waals surface area contributed by atoms with Gasteiger partial charge in [-0.3, -0.25) is 4.79 Å². The first-order chi connectivity index (χ1) is 19.5. The number of aromatic hydroxyl groups is 1. The van der Waals surface area contributed by atoms with E-state index in [9.17, 15) is 32.7 Å². The zero-order valence-corrected chi connectivity index (χ0v) is 21.7. The summed E-state index contributed by atoms with van der Waals surface area (Å²) in [6, 6.07) is 14.4. The predicted octanol–water partition coefficient (Wildman–Crippen LogP) is 5.47. The van der Waals surface area contributed by atoms with Gasteiger partial charge in [0.25, 0.3) is 5.56 Å². The topological polar surface area (TPSA) is 106 Å². The normalized spacial score (nSPS) is 11.5. The van der Waals surface area contributed by atoms with Gasteiger partial charge in [-0.1, -0.05) is 12.1 Å². The number of para-hydroxylation sites is 1. The number of aryl methyl sites for hydroxylation is 1. The standard InChI is InChI=1S/C29H21F4N5O3/c1-16-11-19(24-9-8-17(12-34)37(24)2)18-5-3-7-25(26(18)36-16)41-15-21-20(27(39)35-13-23(21)30)14-38-10-4-6-22(28(38)40)29(31,32)33/h3-11,13H,14-15H2,1-2H3,(H,35,39). The number of fused-ring (bicyclic) bond motifs is 1. The monoisotopic (exact) mass is 563 g/mol. The van der Waals surface area contributed by atoms with E-state index in [0.29, 0.717) is 32.9 Å². The van der Waals surface area contributed by atoms with Crippen molar-refractivity contribution in [3.8, 4) is 29.0 Å². The molecule has 5 rings (SSSR count). The molecule has 5 aromatic rings. The summed E-state index contributed by atoms with van der Waals surface area (Å²) < 4.78 is 63.2. The van der Waals surface area contributed by atoms with Crippen LogP contribution in [0.3, 0.4) is 0 Å². The van der Waals surface area contributed by atoms with E-state index in [1.54, 1.807) is 36.7 Å². The van der Waals surface area contributed by atoms with Crippen LogP contribution >= 0.6 is 0 Å². The molecule has 1 aromatic carbocycles. The average molecular weight is 564 g/mol. The highest BCUT2D eigenvalue weighted by Gasteiger charge is 2.34. The third kappa shape index (κ3) is 5.09. The molecule has 0 bridgehead atoms. The second kappa shape index (κ2) is 10.4. The van der Waals surface area contributed by atoms with Crippen LogP contribution < -0.4 is 10.3 Å². The molecular formula is C29H21F4N5O3. The van der Waals surface area contributed by atoms with Crippen molar-refractivity contribution in [2.24, 2.45) is 7.05 Å². The molecule has 41 heavy (non-hydrogen) atoms. The maximum atomic E-state index is 15.0. The smallest absolute Gasteiger partial charge is 0.421 e. The minimum atomic E-state index is -4.89. The van der Waals surface area contributed by atoms with Gasteiger partial charge >= 0.3 is 6.18 Å². The molecule has 4 heterocycles. The molecule has 4 aromatic heterocycles. The Morgan fingerprint density at radius 3 is 2.61 bits per heavy atom. The highest BCUT2D eigenvalue weighted by atomic mass is 19.4. The Morgan fingerprint density at radius 1 is 1.12 bits per heavy atom. The number of rotatable bonds is 6. The van der Waals surface area contributed by atoms with Crippen LogP contribution in [0.15, 0.2) is 65.7 Å². The van der Waals surface area contributed by atoms with Gasteiger partial charge < -0.3 is 19.0 Å². The summed E-state index contributed by atoms with van der Waals surface area (Å²) in [5.74, 6) is -1.25. The van der Waals surface area contributed by atoms with E-state index in [1.165, 1.54) is 0 Å². The molecule has 0 saturated carbocycles. The molecular weight excluding hydrogens is 542 g/mol. The first kappa shape index (κ1) is 27.4. The largest absolute Gasteiger partial charge is 0.493 e. The van der Waals surface area contributed by atoms with Crippen LogP contribution in [0.1, 0.15) is 28.1 Å². The van der Waals surface area contributed by atoms with E-state index in [2.05, 4.69) is 16.0 Å². The number of hydrogen-bond acceptors (Lipinski definition) is 6. The molecule has 1 N–H and O–H groups in total. The summed E-state index contributed by atoms with van der Waals surface area (Å²) in [6.45, 7) is 0.765. The maximum absolute atomic E-state index is 15.0. The van der Waals surface area contributed by atoms with Gasteiger partial charge in [-0.25, -0.2) is 14.4 Å². The van der Waals surface area contributed by atoms with Crippen LogP contribution in [-0.2, 0) is 26.4 Å². The van der Waals surface area contributed by atoms with Gasteiger partial charge in [0.05, 0.1) is 12.7 Å². The van der Waals surface area contributed by atoms with Crippen LogP contribution in [0.4, 0.5) is 17.6 Å². The molecule has 8 nitrogen and oxygen atoms in total. The number of halogens is 4. The minimum Gasteiger partial charge on any atom is -0.493 e. The van der Waals surface area contributed by atoms with Gasteiger partial charge in [0, 0.05) is 46.7 Å². The third-order valence-corrected chi connectivity index (χ3v) is 6.69. The molecule has 0 unspecified atom stereocenters. The number of aromatic nitrogens is 4. The van der Waals surface area contributed by atoms with Gasteiger partial charge in [0.2, 0.25) is 5.88 Å². The van der Waals surface area contributed by atoms with E-state index >= 15 is 0 Å². The Morgan fingerprint density at radius 2 is 1.90 bits per heavy atom. The Hall–Kier alpha value is -5.18. The van der Waals surface area contributed by atoms with Crippen molar-refractivity contribution < 1.29 is 27.4 Å². The van der Waals surface area contributed by atoms with E-state index in [4.69, 9.17) is 4.74 Å². The molecule has 0 saturated heterocycles. The van der Waals surface area contributed by atoms with Crippen LogP contribution in [-0.4, -0.2) is 24.2 Å². The van der Waals surface area contributed by atoms with Gasteiger partial charge in [0.1, 0.15) is 41.0 Å². The third-order valence-electron chi connectivity index (χ3n) is 6.69. The lowest BCUT2D eigenvalue weighted by Crippen LogP contribution is -2.28. The number of benzene rings is 1. The molecule has 0 aliphatic carbocycles. The first-order valence-electron chi connectivity index (χ1n) is 12.2. The summed E-state index contributed by atoms with van der Waals surface area (Å²) >= 11 is 0. The Kier molecular flexibility index (Phi) is 6.96. The summed E-state index contributed by atoms with van der Waals surface area (Å²) in [7, 11) is 1.77. The van der Waals surface area contributed by atoms with Crippen molar-refractivity contribution in [3.05, 3.63) is 105 Å². The fourth-order valence-electron chi connectivity index (χ4n) is 4.64. The summed E-state index contributed by atoms with van der Waals surface area (Å²) in [6.07, 6.45) is -3.02. The van der Waals surface area contributed by atoms with Crippen LogP contribution in [0.2, 0.25) is 0 Å². The maximum Gasteiger partial charge on any atom is 0.421 e. The summed E-state index contributed by atoms with van der Waals surface area (Å²) in [4.78, 5) is 20.6. The molecule has 12 heteroatoms. The van der Waals surface area contributed by atoms with Gasteiger partial charge in [-0.2, -0.15) is 18.4 Å². The quantitative estimate of drug-likeness (QED) is 0.275. The van der Waals surface area contributed by atoms with E-state index in [0.717, 1.165) is 29.7 Å². The van der Waals surface area contributed by atoms with Crippen LogP contribution in [0.5, 0.6) is 11.6 Å². The Bertz CT molecular complexity index is 1900. The number of ether oxygens (including phenoxy) is 1. The SMILES string of the molecule is Cc1cc(-c2ccc(C#N)n2C)c2cccc(OCc3c(F)cnc(O)c3Cn3cccc(C(F)(F)F)c3=O)c2n1. The van der Waals surface area contributed by atoms with E-state index < -0.39 is 42.1 Å². The zero-order chi connectivity index (χ0) is 29.5. The van der Waals surface area contributed by atoms with E-state index in [-0.39, 0.29) is 16.9 Å². The van der Waals surface area contributed by atoms with Crippen molar-refractivity contribution in [1.29, 1.82) is 5.26 Å². The molecule has 0 fully saturated rings. The van der Waals surface area contributed by atoms with Crippen LogP contribution in [0.25, 0.3) is 22.2 Å². The number of hydrogen-bond donors (Lipinski definition) is 1. The van der Waals surface area contributed by atoms with Crippen molar-refractivity contribution in [2.75, 3.05) is 0 Å².